The fraction of sp³-hybridized carbons (Fsp3) is 0.235. The van der Waals surface area contributed by atoms with E-state index in [-0.39, 0.29) is 0 Å². The van der Waals surface area contributed by atoms with E-state index in [0.717, 1.165) is 22.2 Å². The third kappa shape index (κ3) is 3.04. The van der Waals surface area contributed by atoms with Gasteiger partial charge in [0, 0.05) is 11.5 Å². The summed E-state index contributed by atoms with van der Waals surface area (Å²) in [5.74, 6) is 1.22. The van der Waals surface area contributed by atoms with Crippen molar-refractivity contribution in [1.29, 1.82) is 0 Å². The summed E-state index contributed by atoms with van der Waals surface area (Å²) in [6.07, 6.45) is -0.489. The first-order valence-corrected chi connectivity index (χ1v) is 7.24. The van der Waals surface area contributed by atoms with E-state index in [9.17, 15) is 5.11 Å². The van der Waals surface area contributed by atoms with Gasteiger partial charge in [-0.3, -0.25) is 4.68 Å². The Bertz CT molecular complexity index is 766. The van der Waals surface area contributed by atoms with E-state index in [1.807, 2.05) is 48.5 Å². The number of anilines is 1. The fourth-order valence-electron chi connectivity index (χ4n) is 2.40. The number of rotatable bonds is 5. The largest absolute Gasteiger partial charge is 0.489 e. The van der Waals surface area contributed by atoms with Crippen LogP contribution >= 0.6 is 0 Å². The van der Waals surface area contributed by atoms with Gasteiger partial charge in [0.15, 0.2) is 5.82 Å². The molecular weight excluding hydrogens is 278 g/mol. The predicted molar refractivity (Wildman–Crippen MR) is 86.6 cm³/mol. The number of hydrogen-bond acceptors (Lipinski definition) is 4. The molecule has 0 spiro atoms. The molecule has 0 radical (unpaired) electrons. The molecule has 5 nitrogen and oxygen atoms in total. The van der Waals surface area contributed by atoms with Crippen molar-refractivity contribution >= 4 is 16.7 Å². The maximum absolute atomic E-state index is 9.56. The number of aliphatic hydroxyl groups is 1. The number of fused-ring (bicyclic) bond motifs is 1. The highest BCUT2D eigenvalue weighted by Gasteiger charge is 2.11. The van der Waals surface area contributed by atoms with Crippen LogP contribution in [0.1, 0.15) is 12.5 Å². The molecule has 1 heterocycles. The van der Waals surface area contributed by atoms with Gasteiger partial charge in [0.05, 0.1) is 18.2 Å². The first kappa shape index (κ1) is 14.4. The summed E-state index contributed by atoms with van der Waals surface area (Å²) in [4.78, 5) is 0. The molecule has 3 aromatic rings. The molecule has 0 unspecified atom stereocenters. The minimum absolute atomic E-state index is 0.399. The highest BCUT2D eigenvalue weighted by Crippen LogP contribution is 2.26. The number of hydrogen-bond donors (Lipinski definition) is 2. The van der Waals surface area contributed by atoms with Crippen molar-refractivity contribution in [3.8, 4) is 5.75 Å². The van der Waals surface area contributed by atoms with Crippen LogP contribution < -0.4 is 10.5 Å². The van der Waals surface area contributed by atoms with Crippen LogP contribution in [0.4, 0.5) is 5.82 Å². The predicted octanol–water partition coefficient (Wildman–Crippen LogP) is 2.58. The van der Waals surface area contributed by atoms with Crippen LogP contribution in [0, 0.1) is 0 Å². The van der Waals surface area contributed by atoms with Crippen LogP contribution in [0.15, 0.2) is 48.5 Å². The quantitative estimate of drug-likeness (QED) is 0.759. The first-order chi connectivity index (χ1) is 10.6. The second-order valence-electron chi connectivity index (χ2n) is 5.37. The molecular formula is C17H19N3O2. The van der Waals surface area contributed by atoms with Crippen molar-refractivity contribution < 1.29 is 9.84 Å². The maximum atomic E-state index is 9.56. The molecule has 0 amide bonds. The molecule has 0 aliphatic heterocycles. The number of aliphatic hydroxyl groups excluding tert-OH is 1. The second kappa shape index (κ2) is 6.07. The summed E-state index contributed by atoms with van der Waals surface area (Å²) in [6, 6.07) is 15.7. The standard InChI is InChI=1S/C17H19N3O2/c1-12(21)10-20-16-9-14(7-8-15(16)17(18)19-20)22-11-13-5-3-2-4-6-13/h2-9,12,21H,10-11H2,1H3,(H2,18,19)/t12-/m0/s1. The summed E-state index contributed by atoms with van der Waals surface area (Å²) in [7, 11) is 0. The van der Waals surface area contributed by atoms with Gasteiger partial charge in [0.1, 0.15) is 12.4 Å². The van der Waals surface area contributed by atoms with Crippen LogP contribution in [0.5, 0.6) is 5.75 Å². The van der Waals surface area contributed by atoms with Gasteiger partial charge in [0.2, 0.25) is 0 Å². The molecule has 2 aromatic carbocycles. The molecule has 0 aliphatic rings. The normalized spacial score (nSPS) is 12.5. The van der Waals surface area contributed by atoms with E-state index < -0.39 is 6.10 Å². The van der Waals surface area contributed by atoms with Crippen molar-refractivity contribution in [2.45, 2.75) is 26.2 Å². The second-order valence-corrected chi connectivity index (χ2v) is 5.37. The Morgan fingerprint density at radius 2 is 2.00 bits per heavy atom. The van der Waals surface area contributed by atoms with Crippen molar-refractivity contribution in [1.82, 2.24) is 9.78 Å². The Morgan fingerprint density at radius 3 is 2.73 bits per heavy atom. The van der Waals surface area contributed by atoms with E-state index >= 15 is 0 Å². The van der Waals surface area contributed by atoms with Crippen molar-refractivity contribution in [3.63, 3.8) is 0 Å². The minimum Gasteiger partial charge on any atom is -0.489 e. The van der Waals surface area contributed by atoms with Gasteiger partial charge in [0.25, 0.3) is 0 Å². The molecule has 114 valence electrons. The van der Waals surface area contributed by atoms with Gasteiger partial charge in [-0.15, -0.1) is 0 Å². The van der Waals surface area contributed by atoms with Crippen LogP contribution in [-0.2, 0) is 13.2 Å². The highest BCUT2D eigenvalue weighted by atomic mass is 16.5. The Balaban J connectivity index is 1.85. The monoisotopic (exact) mass is 297 g/mol. The Hall–Kier alpha value is -2.53. The highest BCUT2D eigenvalue weighted by molar-refractivity contribution is 5.90. The zero-order chi connectivity index (χ0) is 15.5. The topological polar surface area (TPSA) is 73.3 Å². The number of aromatic nitrogens is 2. The lowest BCUT2D eigenvalue weighted by Crippen LogP contribution is -2.13. The lowest BCUT2D eigenvalue weighted by atomic mass is 10.2. The molecule has 0 saturated heterocycles. The Labute approximate surface area is 128 Å². The first-order valence-electron chi connectivity index (χ1n) is 7.24. The molecule has 3 rings (SSSR count). The van der Waals surface area contributed by atoms with Gasteiger partial charge in [-0.05, 0) is 24.6 Å². The lowest BCUT2D eigenvalue weighted by molar-refractivity contribution is 0.170. The van der Waals surface area contributed by atoms with Crippen LogP contribution in [-0.4, -0.2) is 21.0 Å². The van der Waals surface area contributed by atoms with Gasteiger partial charge in [-0.25, -0.2) is 0 Å². The average Bonchev–Trinajstić information content (AvgIpc) is 2.81. The van der Waals surface area contributed by atoms with Crippen LogP contribution in [0.2, 0.25) is 0 Å². The molecule has 0 fully saturated rings. The van der Waals surface area contributed by atoms with Gasteiger partial charge in [-0.1, -0.05) is 30.3 Å². The van der Waals surface area contributed by atoms with E-state index in [0.29, 0.717) is 19.0 Å². The van der Waals surface area contributed by atoms with Crippen molar-refractivity contribution in [3.05, 3.63) is 54.1 Å². The maximum Gasteiger partial charge on any atom is 0.153 e. The van der Waals surface area contributed by atoms with Crippen molar-refractivity contribution in [2.75, 3.05) is 5.73 Å². The third-order valence-corrected chi connectivity index (χ3v) is 3.44. The zero-order valence-electron chi connectivity index (χ0n) is 12.4. The number of nitrogen functional groups attached to an aromatic ring is 1. The van der Waals surface area contributed by atoms with Crippen LogP contribution in [0.25, 0.3) is 10.9 Å². The smallest absolute Gasteiger partial charge is 0.153 e. The average molecular weight is 297 g/mol. The Kier molecular flexibility index (Phi) is 3.98. The summed E-state index contributed by atoms with van der Waals surface area (Å²) in [5, 5.41) is 14.7. The lowest BCUT2D eigenvalue weighted by Gasteiger charge is -2.08. The summed E-state index contributed by atoms with van der Waals surface area (Å²) in [6.45, 7) is 2.63. The molecule has 0 saturated carbocycles. The van der Waals surface area contributed by atoms with Gasteiger partial charge >= 0.3 is 0 Å². The summed E-state index contributed by atoms with van der Waals surface area (Å²) < 4.78 is 7.54. The summed E-state index contributed by atoms with van der Waals surface area (Å²) >= 11 is 0. The number of benzene rings is 2. The van der Waals surface area contributed by atoms with Crippen molar-refractivity contribution in [2.24, 2.45) is 0 Å². The molecule has 1 aromatic heterocycles. The zero-order valence-corrected chi connectivity index (χ0v) is 12.4. The van der Waals surface area contributed by atoms with Crippen LogP contribution in [0.3, 0.4) is 0 Å². The Morgan fingerprint density at radius 1 is 1.23 bits per heavy atom. The SMILES string of the molecule is C[C@H](O)Cn1nc(N)c2ccc(OCc3ccccc3)cc21. The number of nitrogens with two attached hydrogens (primary N) is 1. The van der Waals surface area contributed by atoms with E-state index in [4.69, 9.17) is 10.5 Å². The number of nitrogens with zero attached hydrogens (tertiary/aromatic N) is 2. The van der Waals surface area contributed by atoms with E-state index in [1.165, 1.54) is 0 Å². The molecule has 1 atom stereocenters. The number of ether oxygens (including phenoxy) is 1. The van der Waals surface area contributed by atoms with Gasteiger partial charge < -0.3 is 15.6 Å². The van der Waals surface area contributed by atoms with Gasteiger partial charge in [-0.2, -0.15) is 5.10 Å². The third-order valence-electron chi connectivity index (χ3n) is 3.44. The minimum atomic E-state index is -0.489. The molecule has 3 N–H and O–H groups in total. The fourth-order valence-corrected chi connectivity index (χ4v) is 2.40. The van der Waals surface area contributed by atoms with E-state index in [1.54, 1.807) is 11.6 Å². The molecule has 0 bridgehead atoms. The molecule has 5 heteroatoms. The van der Waals surface area contributed by atoms with E-state index in [2.05, 4.69) is 5.10 Å². The molecule has 0 aliphatic carbocycles. The summed E-state index contributed by atoms with van der Waals surface area (Å²) in [5.41, 5.74) is 7.89. The molecule has 22 heavy (non-hydrogen) atoms.